The molecule has 0 radical (unpaired) electrons. The summed E-state index contributed by atoms with van der Waals surface area (Å²) in [4.78, 5) is 16.5. The molecule has 0 saturated carbocycles. The molecule has 0 aliphatic rings. The number of nitrogens with two attached hydrogens (primary N) is 1. The molecular formula is C8H20N4O2. The number of nitrogens with zero attached hydrogens (tertiary/aromatic N) is 1. The predicted molar refractivity (Wildman–Crippen MR) is 53.7 cm³/mol. The molecule has 0 aliphatic heterocycles. The minimum Gasteiger partial charge on any atom is -0.276 e. The highest BCUT2D eigenvalue weighted by Gasteiger charge is 2.19. The molecular weight excluding hydrogens is 184 g/mol. The van der Waals surface area contributed by atoms with Gasteiger partial charge in [-0.3, -0.25) is 10.3 Å². The number of hydrazine groups is 2. The van der Waals surface area contributed by atoms with Crippen molar-refractivity contribution in [3.05, 3.63) is 0 Å². The highest BCUT2D eigenvalue weighted by atomic mass is 16.7. The second kappa shape index (κ2) is 5.14. The molecule has 0 unspecified atom stereocenters. The lowest BCUT2D eigenvalue weighted by molar-refractivity contribution is -0.146. The van der Waals surface area contributed by atoms with Crippen molar-refractivity contribution in [2.45, 2.75) is 46.3 Å². The Balaban J connectivity index is 4.18. The molecule has 0 rings (SSSR count). The third-order valence-electron chi connectivity index (χ3n) is 1.31. The van der Waals surface area contributed by atoms with Gasteiger partial charge in [0.25, 0.3) is 0 Å². The van der Waals surface area contributed by atoms with Gasteiger partial charge in [-0.15, -0.1) is 5.59 Å². The molecule has 2 amide bonds. The summed E-state index contributed by atoms with van der Waals surface area (Å²) in [6.45, 7) is 9.30. The van der Waals surface area contributed by atoms with E-state index < -0.39 is 6.03 Å². The van der Waals surface area contributed by atoms with Gasteiger partial charge >= 0.3 is 6.03 Å². The van der Waals surface area contributed by atoms with Gasteiger partial charge < -0.3 is 0 Å². The molecule has 0 spiro atoms. The molecule has 6 nitrogen and oxygen atoms in total. The maximum Gasteiger partial charge on any atom is 0.347 e. The molecule has 0 atom stereocenters. The van der Waals surface area contributed by atoms with Gasteiger partial charge in [0.15, 0.2) is 0 Å². The monoisotopic (exact) mass is 204 g/mol. The number of hydrogen-bond acceptors (Lipinski definition) is 4. The number of hydrogen-bond donors (Lipinski definition) is 3. The van der Waals surface area contributed by atoms with E-state index in [4.69, 9.17) is 10.7 Å². The number of amides is 2. The molecule has 0 aromatic carbocycles. The topological polar surface area (TPSA) is 79.6 Å². The Labute approximate surface area is 84.7 Å². The second-order valence-corrected chi connectivity index (χ2v) is 4.22. The summed E-state index contributed by atoms with van der Waals surface area (Å²) in [6, 6.07) is -0.495. The van der Waals surface area contributed by atoms with Gasteiger partial charge in [0.05, 0.1) is 5.60 Å². The fraction of sp³-hybridized carbons (Fsp3) is 0.875. The average Bonchev–Trinajstić information content (AvgIpc) is 2.01. The lowest BCUT2D eigenvalue weighted by Crippen LogP contribution is -2.55. The van der Waals surface area contributed by atoms with E-state index >= 15 is 0 Å². The number of carbonyl (C=O) groups excluding carboxylic acids is 1. The largest absolute Gasteiger partial charge is 0.347 e. The summed E-state index contributed by atoms with van der Waals surface area (Å²) in [7, 11) is 0. The highest BCUT2D eigenvalue weighted by Crippen LogP contribution is 2.05. The smallest absolute Gasteiger partial charge is 0.276 e. The van der Waals surface area contributed by atoms with E-state index in [0.717, 1.165) is 0 Å². The molecule has 0 fully saturated rings. The Morgan fingerprint density at radius 1 is 1.43 bits per heavy atom. The van der Waals surface area contributed by atoms with E-state index in [1.165, 1.54) is 5.01 Å². The minimum absolute atomic E-state index is 0.0547. The quantitative estimate of drug-likeness (QED) is 0.355. The summed E-state index contributed by atoms with van der Waals surface area (Å²) < 4.78 is 0. The van der Waals surface area contributed by atoms with Crippen molar-refractivity contribution < 1.29 is 9.63 Å². The van der Waals surface area contributed by atoms with Crippen LogP contribution in [0.5, 0.6) is 0 Å². The summed E-state index contributed by atoms with van der Waals surface area (Å²) in [5.74, 6) is 5.01. The summed E-state index contributed by atoms with van der Waals surface area (Å²) >= 11 is 0. The first-order chi connectivity index (χ1) is 6.28. The molecule has 0 aromatic heterocycles. The first-order valence-corrected chi connectivity index (χ1v) is 4.51. The second-order valence-electron chi connectivity index (χ2n) is 4.22. The van der Waals surface area contributed by atoms with Gasteiger partial charge in [0.1, 0.15) is 0 Å². The van der Waals surface area contributed by atoms with E-state index in [2.05, 4.69) is 5.59 Å². The van der Waals surface area contributed by atoms with Crippen molar-refractivity contribution in [2.24, 2.45) is 5.84 Å². The minimum atomic E-state index is -0.441. The normalized spacial score (nSPS) is 11.6. The molecule has 4 N–H and O–H groups in total. The van der Waals surface area contributed by atoms with Crippen LogP contribution in [0, 0.1) is 0 Å². The van der Waals surface area contributed by atoms with Crippen LogP contribution in [0.3, 0.4) is 0 Å². The first-order valence-electron chi connectivity index (χ1n) is 4.51. The molecule has 0 bridgehead atoms. The Hall–Kier alpha value is -0.850. The maximum absolute atomic E-state index is 11.2. The maximum atomic E-state index is 11.2. The van der Waals surface area contributed by atoms with E-state index in [9.17, 15) is 4.79 Å². The Bertz CT molecular complexity index is 188. The molecule has 0 saturated heterocycles. The van der Waals surface area contributed by atoms with Gasteiger partial charge in [-0.25, -0.2) is 15.6 Å². The van der Waals surface area contributed by atoms with Crippen molar-refractivity contribution in [3.63, 3.8) is 0 Å². The summed E-state index contributed by atoms with van der Waals surface area (Å²) in [5.41, 5.74) is 4.21. The van der Waals surface area contributed by atoms with Crippen molar-refractivity contribution in [2.75, 3.05) is 0 Å². The highest BCUT2D eigenvalue weighted by molar-refractivity contribution is 5.73. The average molecular weight is 204 g/mol. The van der Waals surface area contributed by atoms with Crippen LogP contribution in [0.4, 0.5) is 4.79 Å². The van der Waals surface area contributed by atoms with Crippen LogP contribution in [0.25, 0.3) is 0 Å². The Morgan fingerprint density at radius 2 is 1.93 bits per heavy atom. The summed E-state index contributed by atoms with van der Waals surface area (Å²) in [5, 5.41) is 1.27. The zero-order chi connectivity index (χ0) is 11.4. The molecule has 0 heterocycles. The lowest BCUT2D eigenvalue weighted by atomic mass is 10.2. The van der Waals surface area contributed by atoms with Crippen LogP contribution >= 0.6 is 0 Å². The number of carbonyl (C=O) groups is 1. The van der Waals surface area contributed by atoms with Crippen LogP contribution in [0.15, 0.2) is 0 Å². The van der Waals surface area contributed by atoms with Crippen LogP contribution in [-0.4, -0.2) is 22.7 Å². The van der Waals surface area contributed by atoms with Crippen LogP contribution in [0.1, 0.15) is 34.6 Å². The van der Waals surface area contributed by atoms with Gasteiger partial charge in [-0.1, -0.05) is 0 Å². The van der Waals surface area contributed by atoms with Crippen molar-refractivity contribution in [1.29, 1.82) is 0 Å². The van der Waals surface area contributed by atoms with E-state index in [-0.39, 0.29) is 11.6 Å². The van der Waals surface area contributed by atoms with E-state index in [1.807, 2.05) is 40.0 Å². The van der Waals surface area contributed by atoms with E-state index in [0.29, 0.717) is 0 Å². The Morgan fingerprint density at radius 3 is 2.21 bits per heavy atom. The third kappa shape index (κ3) is 5.00. The zero-order valence-corrected chi connectivity index (χ0v) is 9.42. The standard InChI is InChI=1S/C8H20N4O2/c1-6(2)12(7(13)10-9)11-14-8(3,4)5/h6,11H,9H2,1-5H3,(H,10,13). The van der Waals surface area contributed by atoms with Gasteiger partial charge in [-0.05, 0) is 34.6 Å². The number of rotatable bonds is 3. The van der Waals surface area contributed by atoms with Crippen molar-refractivity contribution >= 4 is 6.03 Å². The molecule has 84 valence electrons. The van der Waals surface area contributed by atoms with Crippen molar-refractivity contribution in [1.82, 2.24) is 16.0 Å². The molecule has 14 heavy (non-hydrogen) atoms. The van der Waals surface area contributed by atoms with Crippen LogP contribution in [0.2, 0.25) is 0 Å². The van der Waals surface area contributed by atoms with Crippen molar-refractivity contribution in [3.8, 4) is 0 Å². The first kappa shape index (κ1) is 13.2. The molecule has 0 aromatic rings. The number of nitrogens with one attached hydrogen (secondary N) is 2. The Kier molecular flexibility index (Phi) is 4.82. The van der Waals surface area contributed by atoms with E-state index in [1.54, 1.807) is 0 Å². The van der Waals surface area contributed by atoms with Gasteiger partial charge in [-0.2, -0.15) is 0 Å². The predicted octanol–water partition coefficient (Wildman–Crippen LogP) is 0.515. The van der Waals surface area contributed by atoms with Gasteiger partial charge in [0.2, 0.25) is 0 Å². The zero-order valence-electron chi connectivity index (χ0n) is 9.42. The molecule has 0 aliphatic carbocycles. The third-order valence-corrected chi connectivity index (χ3v) is 1.31. The lowest BCUT2D eigenvalue weighted by Gasteiger charge is -2.29. The summed E-state index contributed by atoms with van der Waals surface area (Å²) in [6.07, 6.45) is 0. The fourth-order valence-corrected chi connectivity index (χ4v) is 0.637. The van der Waals surface area contributed by atoms with Crippen LogP contribution in [-0.2, 0) is 4.84 Å². The number of urea groups is 1. The van der Waals surface area contributed by atoms with Gasteiger partial charge in [0, 0.05) is 6.04 Å². The van der Waals surface area contributed by atoms with Crippen LogP contribution < -0.4 is 16.9 Å². The fourth-order valence-electron chi connectivity index (χ4n) is 0.637. The molecule has 6 heteroatoms. The SMILES string of the molecule is CC(C)N(NOC(C)(C)C)C(=O)NN.